The number of amides is 1. The Morgan fingerprint density at radius 1 is 1.28 bits per heavy atom. The first-order valence-electron chi connectivity index (χ1n) is 9.25. The Labute approximate surface area is 149 Å². The maximum absolute atomic E-state index is 12.6. The van der Waals surface area contributed by atoms with Crippen LogP contribution in [0.15, 0.2) is 12.3 Å². The van der Waals surface area contributed by atoms with Gasteiger partial charge in [0.2, 0.25) is 5.91 Å². The second-order valence-corrected chi connectivity index (χ2v) is 7.31. The van der Waals surface area contributed by atoms with Crippen molar-refractivity contribution in [1.29, 1.82) is 0 Å². The Kier molecular flexibility index (Phi) is 6.09. The predicted octanol–water partition coefficient (Wildman–Crippen LogP) is 0.998. The summed E-state index contributed by atoms with van der Waals surface area (Å²) >= 11 is 0. The van der Waals surface area contributed by atoms with Crippen LogP contribution < -0.4 is 5.32 Å². The van der Waals surface area contributed by atoms with E-state index in [2.05, 4.69) is 15.3 Å². The minimum Gasteiger partial charge on any atom is -0.381 e. The van der Waals surface area contributed by atoms with Crippen LogP contribution in [0.1, 0.15) is 31.5 Å². The van der Waals surface area contributed by atoms with Gasteiger partial charge in [-0.15, -0.1) is 0 Å². The van der Waals surface area contributed by atoms with Gasteiger partial charge in [-0.05, 0) is 32.8 Å². The van der Waals surface area contributed by atoms with E-state index in [-0.39, 0.29) is 17.4 Å². The molecule has 1 aromatic rings. The van der Waals surface area contributed by atoms with Gasteiger partial charge < -0.3 is 14.8 Å². The number of nitrogens with one attached hydrogen (secondary N) is 1. The Morgan fingerprint density at radius 2 is 1.96 bits per heavy atom. The first-order chi connectivity index (χ1) is 12.1. The van der Waals surface area contributed by atoms with Crippen LogP contribution in [0.5, 0.6) is 0 Å². The minimum absolute atomic E-state index is 0.0274. The van der Waals surface area contributed by atoms with E-state index in [1.165, 1.54) is 0 Å². The van der Waals surface area contributed by atoms with E-state index in [1.54, 1.807) is 10.9 Å². The first kappa shape index (κ1) is 18.4. The highest BCUT2D eigenvalue weighted by atomic mass is 16.5. The van der Waals surface area contributed by atoms with E-state index in [9.17, 15) is 4.79 Å². The van der Waals surface area contributed by atoms with Crippen molar-refractivity contribution in [2.75, 3.05) is 52.6 Å². The maximum Gasteiger partial charge on any atom is 0.244 e. The smallest absolute Gasteiger partial charge is 0.244 e. The molecule has 0 spiro atoms. The molecule has 3 heterocycles. The Bertz CT molecular complexity index is 562. The third-order valence-electron chi connectivity index (χ3n) is 5.47. The van der Waals surface area contributed by atoms with Crippen LogP contribution in [-0.2, 0) is 14.3 Å². The summed E-state index contributed by atoms with van der Waals surface area (Å²) in [6.07, 6.45) is 3.71. The fraction of sp³-hybridized carbons (Fsp3) is 0.778. The molecule has 0 aliphatic carbocycles. The number of carbonyl (C=O) groups excluding carboxylic acids is 1. The first-order valence-corrected chi connectivity index (χ1v) is 9.25. The molecular formula is C18H30N4O3. The fourth-order valence-corrected chi connectivity index (χ4v) is 3.75. The van der Waals surface area contributed by atoms with Gasteiger partial charge in [0, 0.05) is 56.7 Å². The van der Waals surface area contributed by atoms with E-state index in [0.717, 1.165) is 64.6 Å². The van der Waals surface area contributed by atoms with Crippen molar-refractivity contribution in [2.45, 2.75) is 32.7 Å². The topological polar surface area (TPSA) is 68.6 Å². The normalized spacial score (nSPS) is 22.5. The molecule has 3 rings (SSSR count). The zero-order valence-corrected chi connectivity index (χ0v) is 15.4. The molecule has 1 N–H and O–H groups in total. The van der Waals surface area contributed by atoms with Gasteiger partial charge in [0.15, 0.2) is 0 Å². The molecule has 2 aliphatic rings. The zero-order chi connectivity index (χ0) is 17.7. The molecule has 2 saturated heterocycles. The number of morpholine rings is 1. The van der Waals surface area contributed by atoms with E-state index in [1.807, 2.05) is 19.9 Å². The summed E-state index contributed by atoms with van der Waals surface area (Å²) in [6.45, 7) is 10.6. The van der Waals surface area contributed by atoms with Crippen molar-refractivity contribution in [2.24, 2.45) is 5.41 Å². The van der Waals surface area contributed by atoms with Crippen LogP contribution in [-0.4, -0.2) is 73.2 Å². The predicted molar refractivity (Wildman–Crippen MR) is 94.4 cm³/mol. The highest BCUT2D eigenvalue weighted by Gasteiger charge is 2.35. The van der Waals surface area contributed by atoms with Crippen LogP contribution >= 0.6 is 0 Å². The molecule has 1 atom stereocenters. The van der Waals surface area contributed by atoms with Crippen molar-refractivity contribution >= 4 is 5.91 Å². The third-order valence-corrected chi connectivity index (χ3v) is 5.47. The number of rotatable bonds is 6. The van der Waals surface area contributed by atoms with Crippen LogP contribution in [0.25, 0.3) is 0 Å². The second kappa shape index (κ2) is 8.29. The number of ether oxygens (including phenoxy) is 2. The molecule has 7 heteroatoms. The van der Waals surface area contributed by atoms with E-state index >= 15 is 0 Å². The fourth-order valence-electron chi connectivity index (χ4n) is 3.75. The lowest BCUT2D eigenvalue weighted by Gasteiger charge is -2.42. The van der Waals surface area contributed by atoms with Crippen molar-refractivity contribution < 1.29 is 14.3 Å². The van der Waals surface area contributed by atoms with Crippen molar-refractivity contribution in [1.82, 2.24) is 20.0 Å². The molecule has 25 heavy (non-hydrogen) atoms. The molecule has 0 aromatic carbocycles. The molecule has 0 saturated carbocycles. The summed E-state index contributed by atoms with van der Waals surface area (Å²) in [5, 5.41) is 7.44. The van der Waals surface area contributed by atoms with E-state index in [4.69, 9.17) is 9.47 Å². The maximum atomic E-state index is 12.6. The standard InChI is InChI=1S/C18H30N4O3/c1-15-3-6-20-22(15)16(2)17(23)19-13-18(4-9-24-10-5-18)14-21-7-11-25-12-8-21/h3,6,16H,4-5,7-14H2,1-2H3,(H,19,23). The lowest BCUT2D eigenvalue weighted by Crippen LogP contribution is -2.51. The van der Waals surface area contributed by atoms with Crippen LogP contribution in [0.3, 0.4) is 0 Å². The van der Waals surface area contributed by atoms with Crippen molar-refractivity contribution in [3.8, 4) is 0 Å². The summed E-state index contributed by atoms with van der Waals surface area (Å²) in [4.78, 5) is 15.1. The summed E-state index contributed by atoms with van der Waals surface area (Å²) in [7, 11) is 0. The molecule has 0 radical (unpaired) electrons. The molecular weight excluding hydrogens is 320 g/mol. The van der Waals surface area contributed by atoms with Crippen LogP contribution in [0, 0.1) is 12.3 Å². The SMILES string of the molecule is Cc1ccnn1C(C)C(=O)NCC1(CN2CCOCC2)CCOCC1. The number of aromatic nitrogens is 2. The number of hydrogen-bond acceptors (Lipinski definition) is 5. The molecule has 7 nitrogen and oxygen atoms in total. The Hall–Kier alpha value is -1.44. The average Bonchev–Trinajstić information content (AvgIpc) is 3.07. The molecule has 140 valence electrons. The Morgan fingerprint density at radius 3 is 2.60 bits per heavy atom. The molecule has 1 unspecified atom stereocenters. The monoisotopic (exact) mass is 350 g/mol. The molecule has 2 aliphatic heterocycles. The van der Waals surface area contributed by atoms with Gasteiger partial charge in [0.25, 0.3) is 0 Å². The number of aryl methyl sites for hydroxylation is 1. The van der Waals surface area contributed by atoms with Gasteiger partial charge >= 0.3 is 0 Å². The van der Waals surface area contributed by atoms with Gasteiger partial charge in [-0.25, -0.2) is 0 Å². The summed E-state index contributed by atoms with van der Waals surface area (Å²) < 4.78 is 12.8. The lowest BCUT2D eigenvalue weighted by molar-refractivity contribution is -0.125. The summed E-state index contributed by atoms with van der Waals surface area (Å²) in [6, 6.07) is 1.62. The average molecular weight is 350 g/mol. The van der Waals surface area contributed by atoms with E-state index < -0.39 is 0 Å². The highest BCUT2D eigenvalue weighted by Crippen LogP contribution is 2.31. The number of hydrogen-bond donors (Lipinski definition) is 1. The minimum atomic E-state index is -0.296. The van der Waals surface area contributed by atoms with Gasteiger partial charge in [0.05, 0.1) is 13.2 Å². The molecule has 0 bridgehead atoms. The molecule has 1 aromatic heterocycles. The van der Waals surface area contributed by atoms with Crippen molar-refractivity contribution in [3.63, 3.8) is 0 Å². The quantitative estimate of drug-likeness (QED) is 0.829. The largest absolute Gasteiger partial charge is 0.381 e. The second-order valence-electron chi connectivity index (χ2n) is 7.31. The summed E-state index contributed by atoms with van der Waals surface area (Å²) in [5.41, 5.74) is 1.08. The van der Waals surface area contributed by atoms with E-state index in [0.29, 0.717) is 6.54 Å². The van der Waals surface area contributed by atoms with Crippen LogP contribution in [0.2, 0.25) is 0 Å². The molecule has 2 fully saturated rings. The lowest BCUT2D eigenvalue weighted by atomic mass is 9.79. The third kappa shape index (κ3) is 4.59. The number of carbonyl (C=O) groups is 1. The van der Waals surface area contributed by atoms with Gasteiger partial charge in [-0.3, -0.25) is 14.4 Å². The Balaban J connectivity index is 1.60. The summed E-state index contributed by atoms with van der Waals surface area (Å²) in [5.74, 6) is 0.0274. The van der Waals surface area contributed by atoms with Gasteiger partial charge in [-0.2, -0.15) is 5.10 Å². The number of nitrogens with zero attached hydrogens (tertiary/aromatic N) is 3. The van der Waals surface area contributed by atoms with Gasteiger partial charge in [0.1, 0.15) is 6.04 Å². The van der Waals surface area contributed by atoms with Gasteiger partial charge in [-0.1, -0.05) is 0 Å². The molecule has 1 amide bonds. The van der Waals surface area contributed by atoms with Crippen molar-refractivity contribution in [3.05, 3.63) is 18.0 Å². The highest BCUT2D eigenvalue weighted by molar-refractivity contribution is 5.79. The van der Waals surface area contributed by atoms with Crippen LogP contribution in [0.4, 0.5) is 0 Å². The zero-order valence-electron chi connectivity index (χ0n) is 15.4.